The molecule has 1 amide bonds. The number of anilines is 1. The number of aromatic nitrogens is 4. The van der Waals surface area contributed by atoms with Crippen molar-refractivity contribution < 1.29 is 19.4 Å². The molecule has 38 heavy (non-hydrogen) atoms. The number of hydrogen-bond acceptors (Lipinski definition) is 5. The number of amides is 1. The molecule has 10 heteroatoms. The minimum atomic E-state index is -1.11. The third kappa shape index (κ3) is 4.62. The van der Waals surface area contributed by atoms with Crippen LogP contribution in [0.2, 0.25) is 5.02 Å². The number of halogens is 2. The van der Waals surface area contributed by atoms with Crippen molar-refractivity contribution in [3.63, 3.8) is 0 Å². The Kier molecular flexibility index (Phi) is 6.10. The predicted octanol–water partition coefficient (Wildman–Crippen LogP) is 4.07. The maximum absolute atomic E-state index is 13.5. The maximum Gasteiger partial charge on any atom is 0.274 e. The Morgan fingerprint density at radius 3 is 2.45 bits per heavy atom. The van der Waals surface area contributed by atoms with Gasteiger partial charge >= 0.3 is 0 Å². The van der Waals surface area contributed by atoms with E-state index in [1.807, 2.05) is 10.8 Å². The van der Waals surface area contributed by atoms with E-state index in [1.54, 1.807) is 30.5 Å². The summed E-state index contributed by atoms with van der Waals surface area (Å²) in [6.45, 7) is 0. The van der Waals surface area contributed by atoms with Gasteiger partial charge in [0.1, 0.15) is 22.7 Å². The SMILES string of the molecule is Cn1cnc(C2CC3CC(O)(C#CC4(O)CC(n5ccnc5)C4)CC3C2)c1C(=O)Nc1ccc(F)c(Cl)c1. The summed E-state index contributed by atoms with van der Waals surface area (Å²) in [5, 5.41) is 24.7. The molecule has 2 aromatic heterocycles. The summed E-state index contributed by atoms with van der Waals surface area (Å²) in [5.74, 6) is 5.76. The lowest BCUT2D eigenvalue weighted by atomic mass is 9.75. The molecule has 3 aliphatic rings. The monoisotopic (exact) mass is 537 g/mol. The smallest absolute Gasteiger partial charge is 0.274 e. The molecule has 0 aliphatic heterocycles. The summed E-state index contributed by atoms with van der Waals surface area (Å²) in [6, 6.07) is 4.24. The number of imidazole rings is 2. The van der Waals surface area contributed by atoms with Crippen LogP contribution in [0.25, 0.3) is 0 Å². The second kappa shape index (κ2) is 9.23. The maximum atomic E-state index is 13.5. The third-order valence-electron chi connectivity index (χ3n) is 8.41. The van der Waals surface area contributed by atoms with Crippen molar-refractivity contribution in [1.82, 2.24) is 19.1 Å². The molecule has 3 aliphatic carbocycles. The van der Waals surface area contributed by atoms with E-state index in [1.165, 1.54) is 18.2 Å². The lowest BCUT2D eigenvalue weighted by Gasteiger charge is -2.40. The Morgan fingerprint density at radius 2 is 1.82 bits per heavy atom. The molecule has 1 aromatic carbocycles. The van der Waals surface area contributed by atoms with Gasteiger partial charge in [-0.1, -0.05) is 23.4 Å². The van der Waals surface area contributed by atoms with Gasteiger partial charge in [-0.05, 0) is 55.7 Å². The number of benzene rings is 1. The van der Waals surface area contributed by atoms with E-state index >= 15 is 0 Å². The van der Waals surface area contributed by atoms with Crippen molar-refractivity contribution in [2.75, 3.05) is 5.32 Å². The van der Waals surface area contributed by atoms with Crippen LogP contribution in [0, 0.1) is 29.5 Å². The second-order valence-electron chi connectivity index (χ2n) is 11.2. The van der Waals surface area contributed by atoms with E-state index in [9.17, 15) is 19.4 Å². The van der Waals surface area contributed by atoms with Crippen molar-refractivity contribution in [2.24, 2.45) is 18.9 Å². The quantitative estimate of drug-likeness (QED) is 0.435. The molecule has 3 aromatic rings. The first-order chi connectivity index (χ1) is 18.1. The van der Waals surface area contributed by atoms with Crippen LogP contribution in [-0.4, -0.2) is 46.4 Å². The Hall–Kier alpha value is -3.19. The Balaban J connectivity index is 1.10. The van der Waals surface area contributed by atoms with Crippen LogP contribution >= 0.6 is 11.6 Å². The number of nitrogens with zero attached hydrogens (tertiary/aromatic N) is 4. The fraction of sp³-hybridized carbons (Fsp3) is 0.464. The van der Waals surface area contributed by atoms with Crippen molar-refractivity contribution in [3.8, 4) is 11.8 Å². The van der Waals surface area contributed by atoms with Crippen molar-refractivity contribution in [2.45, 2.75) is 61.7 Å². The van der Waals surface area contributed by atoms with E-state index in [-0.39, 0.29) is 34.7 Å². The fourth-order valence-electron chi connectivity index (χ4n) is 6.53. The van der Waals surface area contributed by atoms with E-state index < -0.39 is 17.0 Å². The van der Waals surface area contributed by atoms with Gasteiger partial charge in [0.05, 0.1) is 23.4 Å². The van der Waals surface area contributed by atoms with E-state index in [0.717, 1.165) is 18.5 Å². The zero-order valence-corrected chi connectivity index (χ0v) is 21.7. The molecule has 3 fully saturated rings. The average Bonchev–Trinajstić information content (AvgIpc) is 3.62. The van der Waals surface area contributed by atoms with Gasteiger partial charge in [0, 0.05) is 49.9 Å². The number of aliphatic hydroxyl groups is 2. The highest BCUT2D eigenvalue weighted by Gasteiger charge is 2.50. The van der Waals surface area contributed by atoms with Crippen molar-refractivity contribution in [1.29, 1.82) is 0 Å². The number of carbonyl (C=O) groups excluding carboxylic acids is 1. The van der Waals surface area contributed by atoms with E-state index in [4.69, 9.17) is 11.6 Å². The van der Waals surface area contributed by atoms with Gasteiger partial charge in [-0.25, -0.2) is 14.4 Å². The number of fused-ring (bicyclic) bond motifs is 1. The van der Waals surface area contributed by atoms with Crippen LogP contribution in [0.5, 0.6) is 0 Å². The Morgan fingerprint density at radius 1 is 1.13 bits per heavy atom. The number of rotatable bonds is 4. The first-order valence-electron chi connectivity index (χ1n) is 12.9. The fourth-order valence-corrected chi connectivity index (χ4v) is 6.71. The standard InChI is InChI=1S/C28H29ClFN5O3/c1-34-16-32-24(25(34)26(36)33-20-2-3-23(30)22(29)10-20)17-8-18-11-27(37,12-19(18)9-17)4-5-28(38)13-21(14-28)35-7-6-31-15-35/h2-3,6-7,10,15-19,21,37-38H,8-9,11-14H2,1H3,(H,33,36). The summed E-state index contributed by atoms with van der Waals surface area (Å²) >= 11 is 5.86. The number of carbonyl (C=O) groups is 1. The lowest BCUT2D eigenvalue weighted by molar-refractivity contribution is -0.0169. The topological polar surface area (TPSA) is 105 Å². The molecule has 3 saturated carbocycles. The first-order valence-corrected chi connectivity index (χ1v) is 13.2. The largest absolute Gasteiger partial charge is 0.378 e. The highest BCUT2D eigenvalue weighted by molar-refractivity contribution is 6.31. The molecule has 3 N–H and O–H groups in total. The van der Waals surface area contributed by atoms with Gasteiger partial charge in [-0.2, -0.15) is 0 Å². The molecule has 0 saturated heterocycles. The van der Waals surface area contributed by atoms with Crippen LogP contribution in [0.15, 0.2) is 43.2 Å². The third-order valence-corrected chi connectivity index (χ3v) is 8.70. The highest BCUT2D eigenvalue weighted by Crippen LogP contribution is 2.54. The summed E-state index contributed by atoms with van der Waals surface area (Å²) in [6.07, 6.45) is 10.7. The molecule has 8 nitrogen and oxygen atoms in total. The molecule has 6 rings (SSSR count). The van der Waals surface area contributed by atoms with Gasteiger partial charge in [0.25, 0.3) is 5.91 Å². The van der Waals surface area contributed by atoms with Crippen LogP contribution in [0.1, 0.15) is 66.7 Å². The van der Waals surface area contributed by atoms with Crippen LogP contribution < -0.4 is 5.32 Å². The van der Waals surface area contributed by atoms with Gasteiger partial charge in [-0.15, -0.1) is 0 Å². The van der Waals surface area contributed by atoms with Gasteiger partial charge < -0.3 is 24.7 Å². The zero-order valence-electron chi connectivity index (χ0n) is 20.9. The first kappa shape index (κ1) is 25.1. The molecule has 0 spiro atoms. The summed E-state index contributed by atoms with van der Waals surface area (Å²) in [7, 11) is 1.77. The second-order valence-corrected chi connectivity index (χ2v) is 11.6. The number of hydrogen-bond donors (Lipinski definition) is 3. The molecule has 2 atom stereocenters. The van der Waals surface area contributed by atoms with Gasteiger partial charge in [-0.3, -0.25) is 4.79 Å². The lowest BCUT2D eigenvalue weighted by Crippen LogP contribution is -2.43. The Bertz CT molecular complexity index is 1420. The number of aryl methyl sites for hydroxylation is 1. The predicted molar refractivity (Wildman–Crippen MR) is 139 cm³/mol. The molecular weight excluding hydrogens is 509 g/mol. The molecular formula is C28H29ClFN5O3. The highest BCUT2D eigenvalue weighted by atomic mass is 35.5. The molecule has 2 unspecified atom stereocenters. The van der Waals surface area contributed by atoms with E-state index in [2.05, 4.69) is 27.1 Å². The molecule has 2 heterocycles. The minimum Gasteiger partial charge on any atom is -0.378 e. The minimum absolute atomic E-state index is 0.0605. The van der Waals surface area contributed by atoms with Crippen LogP contribution in [-0.2, 0) is 7.05 Å². The Labute approximate surface area is 224 Å². The van der Waals surface area contributed by atoms with Crippen LogP contribution in [0.4, 0.5) is 10.1 Å². The van der Waals surface area contributed by atoms with E-state index in [0.29, 0.717) is 37.1 Å². The van der Waals surface area contributed by atoms with Crippen LogP contribution in [0.3, 0.4) is 0 Å². The number of nitrogens with one attached hydrogen (secondary N) is 1. The zero-order chi connectivity index (χ0) is 26.7. The normalized spacial score (nSPS) is 31.8. The molecule has 0 bridgehead atoms. The molecule has 0 radical (unpaired) electrons. The summed E-state index contributed by atoms with van der Waals surface area (Å²) in [5.41, 5.74) is -0.579. The van der Waals surface area contributed by atoms with Gasteiger partial charge in [0.15, 0.2) is 0 Å². The summed E-state index contributed by atoms with van der Waals surface area (Å²) < 4.78 is 17.2. The van der Waals surface area contributed by atoms with Crippen molar-refractivity contribution >= 4 is 23.2 Å². The average molecular weight is 538 g/mol. The van der Waals surface area contributed by atoms with Crippen molar-refractivity contribution in [3.05, 3.63) is 65.5 Å². The summed E-state index contributed by atoms with van der Waals surface area (Å²) in [4.78, 5) is 21.7. The van der Waals surface area contributed by atoms with Gasteiger partial charge in [0.2, 0.25) is 0 Å². The molecule has 198 valence electrons.